The van der Waals surface area contributed by atoms with E-state index in [1.807, 2.05) is 39.6 Å². The van der Waals surface area contributed by atoms with Crippen LogP contribution in [0.1, 0.15) is 34.6 Å². The predicted octanol–water partition coefficient (Wildman–Crippen LogP) is 1.47. The molecule has 1 aliphatic rings. The quantitative estimate of drug-likeness (QED) is 0.309. The summed E-state index contributed by atoms with van der Waals surface area (Å²) in [6.07, 6.45) is 3.13. The minimum Gasteiger partial charge on any atom is -0.622 e. The zero-order valence-corrected chi connectivity index (χ0v) is 10.9. The van der Waals surface area contributed by atoms with Gasteiger partial charge in [-0.05, 0) is 27.8 Å². The molecule has 0 unspecified atom stereocenters. The summed E-state index contributed by atoms with van der Waals surface area (Å²) in [5, 5.41) is 19.7. The van der Waals surface area contributed by atoms with E-state index < -0.39 is 5.66 Å². The predicted molar refractivity (Wildman–Crippen MR) is 67.2 cm³/mol. The van der Waals surface area contributed by atoms with E-state index in [2.05, 4.69) is 10.2 Å². The van der Waals surface area contributed by atoms with Gasteiger partial charge in [-0.25, -0.2) is 4.90 Å². The molecule has 0 aromatic heterocycles. The number of rotatable bonds is 2. The first-order chi connectivity index (χ1) is 7.26. The summed E-state index contributed by atoms with van der Waals surface area (Å²) in [5.41, 5.74) is -0.260. The summed E-state index contributed by atoms with van der Waals surface area (Å²) < 4.78 is 1.00. The molecule has 1 aliphatic heterocycles. The maximum absolute atomic E-state index is 12.1. The molecule has 90 valence electrons. The van der Waals surface area contributed by atoms with E-state index in [9.17, 15) is 5.21 Å². The van der Waals surface area contributed by atoms with Crippen LogP contribution in [0.4, 0.5) is 0 Å². The zero-order valence-electron chi connectivity index (χ0n) is 10.9. The second kappa shape index (κ2) is 3.97. The highest BCUT2D eigenvalue weighted by molar-refractivity contribution is 6.32. The summed E-state index contributed by atoms with van der Waals surface area (Å²) in [6, 6.07) is 0. The van der Waals surface area contributed by atoms with Crippen LogP contribution in [0.25, 0.3) is 0 Å². The molecule has 0 saturated carbocycles. The summed E-state index contributed by atoms with van der Waals surface area (Å²) in [4.78, 5) is 2.03. The molecule has 0 atom stereocenters. The molecule has 0 radical (unpaired) electrons. The minimum absolute atomic E-state index is 0.335. The molecule has 0 fully saturated rings. The Balaban J connectivity index is 3.19. The van der Waals surface area contributed by atoms with Gasteiger partial charge in [0.2, 0.25) is 11.4 Å². The number of hydrogen-bond donors (Lipinski definition) is 0. The van der Waals surface area contributed by atoms with E-state index in [0.29, 0.717) is 5.71 Å². The monoisotopic (exact) mass is 224 g/mol. The molecular formula is C11H20N4O. The normalized spacial score (nSPS) is 25.1. The van der Waals surface area contributed by atoms with Gasteiger partial charge >= 0.3 is 0 Å². The Bertz CT molecular complexity index is 366. The highest BCUT2D eigenvalue weighted by atomic mass is 16.5. The summed E-state index contributed by atoms with van der Waals surface area (Å²) in [6.45, 7) is 9.58. The average Bonchev–Trinajstić information content (AvgIpc) is 2.31. The third-order valence-electron chi connectivity index (χ3n) is 3.36. The molecule has 0 bridgehead atoms. The van der Waals surface area contributed by atoms with Crippen molar-refractivity contribution >= 4 is 18.1 Å². The Morgan fingerprint density at radius 1 is 1.25 bits per heavy atom. The molecule has 5 nitrogen and oxygen atoms in total. The fraction of sp³-hybridized carbons (Fsp3) is 0.727. The van der Waals surface area contributed by atoms with Crippen LogP contribution >= 0.6 is 0 Å². The van der Waals surface area contributed by atoms with Gasteiger partial charge < -0.3 is 5.21 Å². The number of hydrogen-bond acceptors (Lipinski definition) is 4. The van der Waals surface area contributed by atoms with Gasteiger partial charge in [-0.2, -0.15) is 14.9 Å². The molecule has 1 heterocycles. The van der Waals surface area contributed by atoms with Crippen LogP contribution in [0, 0.1) is 5.21 Å². The SMILES string of the molecule is C/C=N/N=C/C1=[N+]([O-])C(C)(C)N(C)C1(C)C. The topological polar surface area (TPSA) is 54.0 Å². The van der Waals surface area contributed by atoms with Gasteiger partial charge in [-0.1, -0.05) is 0 Å². The van der Waals surface area contributed by atoms with E-state index in [4.69, 9.17) is 0 Å². The maximum Gasteiger partial charge on any atom is 0.229 e. The van der Waals surface area contributed by atoms with E-state index in [0.717, 1.165) is 4.74 Å². The first-order valence-electron chi connectivity index (χ1n) is 5.36. The van der Waals surface area contributed by atoms with Gasteiger partial charge in [0.1, 0.15) is 11.8 Å². The lowest BCUT2D eigenvalue weighted by molar-refractivity contribution is -0.555. The van der Waals surface area contributed by atoms with Crippen LogP contribution in [0.3, 0.4) is 0 Å². The van der Waals surface area contributed by atoms with Gasteiger partial charge in [-0.15, -0.1) is 0 Å². The summed E-state index contributed by atoms with van der Waals surface area (Å²) in [5.74, 6) is 0. The standard InChI is InChI=1S/C11H20N4O/c1-7-12-13-8-9-10(2,3)14(6)11(4,5)15(9)16/h7-8H,1-6H3/b12-7+,13-8+. The van der Waals surface area contributed by atoms with Crippen molar-refractivity contribution in [1.82, 2.24) is 4.90 Å². The van der Waals surface area contributed by atoms with Gasteiger partial charge in [0, 0.05) is 20.1 Å². The van der Waals surface area contributed by atoms with E-state index in [-0.39, 0.29) is 5.54 Å². The second-order valence-electron chi connectivity index (χ2n) is 4.91. The molecular weight excluding hydrogens is 204 g/mol. The van der Waals surface area contributed by atoms with Crippen molar-refractivity contribution in [1.29, 1.82) is 0 Å². The summed E-state index contributed by atoms with van der Waals surface area (Å²) >= 11 is 0. The van der Waals surface area contributed by atoms with Gasteiger partial charge in [0.15, 0.2) is 0 Å². The molecule has 0 saturated heterocycles. The summed E-state index contributed by atoms with van der Waals surface area (Å²) in [7, 11) is 1.94. The lowest BCUT2D eigenvalue weighted by Gasteiger charge is -2.32. The molecule has 16 heavy (non-hydrogen) atoms. The van der Waals surface area contributed by atoms with Gasteiger partial charge in [0.25, 0.3) is 0 Å². The van der Waals surface area contributed by atoms with Crippen LogP contribution in [0.2, 0.25) is 0 Å². The lowest BCUT2D eigenvalue weighted by atomic mass is 9.98. The fourth-order valence-corrected chi connectivity index (χ4v) is 1.90. The second-order valence-corrected chi connectivity index (χ2v) is 4.91. The Labute approximate surface area is 96.8 Å². The number of hydroxylamine groups is 1. The van der Waals surface area contributed by atoms with E-state index in [1.54, 1.807) is 13.1 Å². The molecule has 0 N–H and O–H groups in total. The van der Waals surface area contributed by atoms with Crippen LogP contribution in [-0.4, -0.2) is 46.0 Å². The first-order valence-corrected chi connectivity index (χ1v) is 5.36. The highest BCUT2D eigenvalue weighted by Gasteiger charge is 2.53. The minimum atomic E-state index is -0.555. The molecule has 0 spiro atoms. The third-order valence-corrected chi connectivity index (χ3v) is 3.36. The Kier molecular flexibility index (Phi) is 3.19. The molecule has 0 aromatic rings. The van der Waals surface area contributed by atoms with Crippen LogP contribution < -0.4 is 0 Å². The Hall–Kier alpha value is -1.23. The number of nitrogens with zero attached hydrogens (tertiary/aromatic N) is 4. The van der Waals surface area contributed by atoms with Gasteiger partial charge in [0.05, 0.1) is 0 Å². The van der Waals surface area contributed by atoms with Crippen molar-refractivity contribution in [3.63, 3.8) is 0 Å². The van der Waals surface area contributed by atoms with Crippen LogP contribution in [-0.2, 0) is 0 Å². The molecule has 0 aromatic carbocycles. The first kappa shape index (κ1) is 12.8. The third kappa shape index (κ3) is 1.75. The highest BCUT2D eigenvalue weighted by Crippen LogP contribution is 2.31. The Morgan fingerprint density at radius 2 is 1.81 bits per heavy atom. The maximum atomic E-state index is 12.1. The van der Waals surface area contributed by atoms with Crippen LogP contribution in [0.5, 0.6) is 0 Å². The largest absolute Gasteiger partial charge is 0.622 e. The average molecular weight is 224 g/mol. The van der Waals surface area contributed by atoms with Crippen molar-refractivity contribution in [3.05, 3.63) is 5.21 Å². The Morgan fingerprint density at radius 3 is 2.19 bits per heavy atom. The van der Waals surface area contributed by atoms with Crippen molar-refractivity contribution in [2.75, 3.05) is 7.05 Å². The van der Waals surface area contributed by atoms with E-state index in [1.165, 1.54) is 6.21 Å². The van der Waals surface area contributed by atoms with Crippen molar-refractivity contribution < 1.29 is 4.74 Å². The molecule has 5 heteroatoms. The van der Waals surface area contributed by atoms with Crippen molar-refractivity contribution in [2.24, 2.45) is 10.2 Å². The molecule has 0 amide bonds. The molecule has 1 rings (SSSR count). The van der Waals surface area contributed by atoms with Crippen LogP contribution in [0.15, 0.2) is 10.2 Å². The zero-order chi connectivity index (χ0) is 12.6. The fourth-order valence-electron chi connectivity index (χ4n) is 1.90. The molecule has 0 aliphatic carbocycles. The van der Waals surface area contributed by atoms with Crippen molar-refractivity contribution in [2.45, 2.75) is 45.8 Å². The lowest BCUT2D eigenvalue weighted by Crippen LogP contribution is -2.51. The van der Waals surface area contributed by atoms with E-state index >= 15 is 0 Å². The van der Waals surface area contributed by atoms with Crippen molar-refractivity contribution in [3.8, 4) is 0 Å². The van der Waals surface area contributed by atoms with Gasteiger partial charge in [-0.3, -0.25) is 0 Å². The smallest absolute Gasteiger partial charge is 0.229 e.